The summed E-state index contributed by atoms with van der Waals surface area (Å²) in [5.74, 6) is 0. The fourth-order valence-corrected chi connectivity index (χ4v) is 4.06. The minimum Gasteiger partial charge on any atom is -0.394 e. The zero-order valence-electron chi connectivity index (χ0n) is 17.7. The van der Waals surface area contributed by atoms with Crippen LogP contribution in [-0.4, -0.2) is 168 Å². The summed E-state index contributed by atoms with van der Waals surface area (Å²) in [5, 5.41) is 109. The van der Waals surface area contributed by atoms with Gasteiger partial charge in [0.15, 0.2) is 18.9 Å². The second-order valence-electron chi connectivity index (χ2n) is 8.33. The molecule has 0 aromatic heterocycles. The van der Waals surface area contributed by atoms with Crippen LogP contribution in [0.5, 0.6) is 0 Å². The number of ether oxygens (including phenoxy) is 5. The Bertz CT molecular complexity index is 635. The molecule has 0 spiro atoms. The summed E-state index contributed by atoms with van der Waals surface area (Å²) in [7, 11) is 0. The lowest BCUT2D eigenvalue weighted by molar-refractivity contribution is -0.377. The monoisotopic (exact) mass is 504 g/mol. The zero-order chi connectivity index (χ0) is 25.3. The van der Waals surface area contributed by atoms with Gasteiger partial charge >= 0.3 is 0 Å². The minimum absolute atomic E-state index is 0.741. The Hall–Kier alpha value is -0.640. The Balaban J connectivity index is 1.72. The molecular formula is C18H32O16. The van der Waals surface area contributed by atoms with Crippen molar-refractivity contribution in [3.63, 3.8) is 0 Å². The number of aliphatic hydroxyl groups excluding tert-OH is 11. The van der Waals surface area contributed by atoms with Gasteiger partial charge in [0.05, 0.1) is 19.8 Å². The van der Waals surface area contributed by atoms with E-state index in [1.54, 1.807) is 0 Å². The van der Waals surface area contributed by atoms with Gasteiger partial charge in [0.25, 0.3) is 0 Å². The van der Waals surface area contributed by atoms with Crippen LogP contribution in [0.1, 0.15) is 0 Å². The summed E-state index contributed by atoms with van der Waals surface area (Å²) in [4.78, 5) is 0. The van der Waals surface area contributed by atoms with E-state index in [1.807, 2.05) is 0 Å². The largest absolute Gasteiger partial charge is 0.394 e. The molecule has 16 nitrogen and oxygen atoms in total. The van der Waals surface area contributed by atoms with Crippen LogP contribution in [0.3, 0.4) is 0 Å². The molecule has 3 aliphatic rings. The van der Waals surface area contributed by atoms with E-state index >= 15 is 0 Å². The average molecular weight is 504 g/mol. The standard InChI is InChI=1S/C18H32O16/c19-1-4-7(22)8(23)12(27)17(31-4)34-15-6(3-21)32-18(13(28)10(15)25)33-14-5(2-20)30-16(29)11(26)9(14)24/h4-29H,1-3H2/t4?,5?,6?,7-,8?,9?,10?,11?,12?,13?,14+,15-,16+,17+,18-/m1/s1. The maximum absolute atomic E-state index is 10.6. The molecule has 11 N–H and O–H groups in total. The summed E-state index contributed by atoms with van der Waals surface area (Å²) in [6, 6.07) is 0. The van der Waals surface area contributed by atoms with Gasteiger partial charge in [-0.1, -0.05) is 0 Å². The first kappa shape index (κ1) is 27.9. The first-order chi connectivity index (χ1) is 16.0. The first-order valence-electron chi connectivity index (χ1n) is 10.6. The van der Waals surface area contributed by atoms with Gasteiger partial charge in [0.2, 0.25) is 0 Å². The molecule has 3 aliphatic heterocycles. The summed E-state index contributed by atoms with van der Waals surface area (Å²) in [6.07, 6.45) is -25.1. The molecule has 0 aromatic rings. The van der Waals surface area contributed by atoms with Gasteiger partial charge in [0.1, 0.15) is 73.2 Å². The molecule has 0 saturated carbocycles. The van der Waals surface area contributed by atoms with E-state index in [4.69, 9.17) is 23.7 Å². The third-order valence-corrected chi connectivity index (χ3v) is 6.09. The fourth-order valence-electron chi connectivity index (χ4n) is 4.06. The van der Waals surface area contributed by atoms with Crippen molar-refractivity contribution >= 4 is 0 Å². The van der Waals surface area contributed by atoms with Crippen molar-refractivity contribution in [3.05, 3.63) is 0 Å². The second-order valence-corrected chi connectivity index (χ2v) is 8.33. The second kappa shape index (κ2) is 11.6. The van der Waals surface area contributed by atoms with Crippen molar-refractivity contribution < 1.29 is 79.9 Å². The number of rotatable bonds is 7. The highest BCUT2D eigenvalue weighted by Gasteiger charge is 2.53. The average Bonchev–Trinajstić information content (AvgIpc) is 2.83. The fraction of sp³-hybridized carbons (Fsp3) is 1.00. The van der Waals surface area contributed by atoms with E-state index in [9.17, 15) is 56.2 Å². The van der Waals surface area contributed by atoms with Crippen LogP contribution >= 0.6 is 0 Å². The Morgan fingerprint density at radius 2 is 0.853 bits per heavy atom. The highest BCUT2D eigenvalue weighted by Crippen LogP contribution is 2.32. The number of hydrogen-bond donors (Lipinski definition) is 11. The van der Waals surface area contributed by atoms with Crippen LogP contribution in [0.25, 0.3) is 0 Å². The molecule has 3 heterocycles. The van der Waals surface area contributed by atoms with Gasteiger partial charge in [-0.15, -0.1) is 0 Å². The van der Waals surface area contributed by atoms with Gasteiger partial charge in [-0.25, -0.2) is 0 Å². The minimum atomic E-state index is -1.91. The van der Waals surface area contributed by atoms with Crippen molar-refractivity contribution in [2.75, 3.05) is 19.8 Å². The molecule has 0 amide bonds. The molecule has 9 unspecified atom stereocenters. The predicted octanol–water partition coefficient (Wildman–Crippen LogP) is -7.57. The number of aliphatic hydroxyl groups is 11. The molecule has 0 bridgehead atoms. The van der Waals surface area contributed by atoms with Crippen LogP contribution in [0, 0.1) is 0 Å². The predicted molar refractivity (Wildman–Crippen MR) is 101 cm³/mol. The van der Waals surface area contributed by atoms with E-state index < -0.39 is 112 Å². The van der Waals surface area contributed by atoms with E-state index in [1.165, 1.54) is 0 Å². The van der Waals surface area contributed by atoms with Crippen molar-refractivity contribution in [1.82, 2.24) is 0 Å². The van der Waals surface area contributed by atoms with Gasteiger partial charge in [-0.05, 0) is 0 Å². The Kier molecular flexibility index (Phi) is 9.54. The zero-order valence-corrected chi connectivity index (χ0v) is 17.7. The highest BCUT2D eigenvalue weighted by molar-refractivity contribution is 4.96. The molecule has 200 valence electrons. The third-order valence-electron chi connectivity index (χ3n) is 6.09. The van der Waals surface area contributed by atoms with E-state index in [2.05, 4.69) is 0 Å². The summed E-state index contributed by atoms with van der Waals surface area (Å²) >= 11 is 0. The van der Waals surface area contributed by atoms with Crippen LogP contribution in [0.2, 0.25) is 0 Å². The van der Waals surface area contributed by atoms with E-state index in [-0.39, 0.29) is 0 Å². The molecule has 34 heavy (non-hydrogen) atoms. The molecule has 3 rings (SSSR count). The van der Waals surface area contributed by atoms with E-state index in [0.29, 0.717) is 0 Å². The van der Waals surface area contributed by atoms with Gasteiger partial charge in [-0.3, -0.25) is 0 Å². The summed E-state index contributed by atoms with van der Waals surface area (Å²) in [5.41, 5.74) is 0. The summed E-state index contributed by atoms with van der Waals surface area (Å²) < 4.78 is 26.4. The first-order valence-corrected chi connectivity index (χ1v) is 10.6. The molecule has 16 heteroatoms. The smallest absolute Gasteiger partial charge is 0.187 e. The lowest BCUT2D eigenvalue weighted by Gasteiger charge is -2.47. The Morgan fingerprint density at radius 1 is 0.441 bits per heavy atom. The quantitative estimate of drug-likeness (QED) is 0.154. The molecule has 0 aliphatic carbocycles. The molecule has 3 fully saturated rings. The lowest BCUT2D eigenvalue weighted by atomic mass is 9.96. The maximum Gasteiger partial charge on any atom is 0.187 e. The van der Waals surface area contributed by atoms with Crippen molar-refractivity contribution in [1.29, 1.82) is 0 Å². The third kappa shape index (κ3) is 5.37. The van der Waals surface area contributed by atoms with Crippen molar-refractivity contribution in [2.24, 2.45) is 0 Å². The Morgan fingerprint density at radius 3 is 1.35 bits per heavy atom. The van der Waals surface area contributed by atoms with Crippen LogP contribution in [0.4, 0.5) is 0 Å². The lowest BCUT2D eigenvalue weighted by Crippen LogP contribution is -2.66. The van der Waals surface area contributed by atoms with E-state index in [0.717, 1.165) is 0 Å². The van der Waals surface area contributed by atoms with Crippen LogP contribution < -0.4 is 0 Å². The molecule has 0 radical (unpaired) electrons. The topological polar surface area (TPSA) is 269 Å². The highest BCUT2D eigenvalue weighted by atomic mass is 16.8. The SMILES string of the molecule is OCC1O[C@@H](O[C@@H]2C(CO)O[C@H](O[C@H]3C(CO)O[C@H](O)C(O)C3O)C(O)C2O)C(O)C(O)[C@@H]1O. The van der Waals surface area contributed by atoms with Crippen LogP contribution in [-0.2, 0) is 23.7 Å². The molecular weight excluding hydrogens is 472 g/mol. The molecule has 3 saturated heterocycles. The Labute approximate surface area is 192 Å². The molecule has 15 atom stereocenters. The number of hydrogen-bond acceptors (Lipinski definition) is 16. The molecule has 0 aromatic carbocycles. The maximum atomic E-state index is 10.6. The normalized spacial score (nSPS) is 52.5. The van der Waals surface area contributed by atoms with Gasteiger partial charge in [0, 0.05) is 0 Å². The van der Waals surface area contributed by atoms with Gasteiger partial charge < -0.3 is 79.9 Å². The summed E-state index contributed by atoms with van der Waals surface area (Å²) in [6.45, 7) is -2.32. The van der Waals surface area contributed by atoms with Crippen LogP contribution in [0.15, 0.2) is 0 Å². The van der Waals surface area contributed by atoms with Crippen molar-refractivity contribution in [2.45, 2.75) is 92.1 Å². The van der Waals surface area contributed by atoms with Crippen molar-refractivity contribution in [3.8, 4) is 0 Å². The van der Waals surface area contributed by atoms with Gasteiger partial charge in [-0.2, -0.15) is 0 Å².